The molecule has 0 radical (unpaired) electrons. The second-order valence-electron chi connectivity index (χ2n) is 6.92. The number of aromatic nitrogens is 4. The Balaban J connectivity index is 1.66. The first-order chi connectivity index (χ1) is 14.2. The minimum atomic E-state index is -1.10. The van der Waals surface area contributed by atoms with Crippen molar-refractivity contribution in [1.82, 2.24) is 19.6 Å². The highest BCUT2D eigenvalue weighted by molar-refractivity contribution is 6.41. The van der Waals surface area contributed by atoms with E-state index in [1.807, 2.05) is 37.3 Å². The maximum Gasteiger partial charge on any atom is 0.380 e. The van der Waals surface area contributed by atoms with E-state index in [2.05, 4.69) is 15.5 Å². The number of esters is 1. The lowest BCUT2D eigenvalue weighted by Gasteiger charge is -2.08. The normalized spacial score (nSPS) is 10.7. The van der Waals surface area contributed by atoms with E-state index >= 15 is 0 Å². The van der Waals surface area contributed by atoms with Gasteiger partial charge < -0.3 is 10.1 Å². The van der Waals surface area contributed by atoms with Crippen LogP contribution in [0.2, 0.25) is 0 Å². The van der Waals surface area contributed by atoms with Gasteiger partial charge >= 0.3 is 5.97 Å². The van der Waals surface area contributed by atoms with Gasteiger partial charge in [0.1, 0.15) is 0 Å². The molecule has 0 aliphatic heterocycles. The first kappa shape index (κ1) is 21.0. The van der Waals surface area contributed by atoms with Gasteiger partial charge in [0, 0.05) is 12.7 Å². The topological polar surface area (TPSA) is 108 Å². The lowest BCUT2D eigenvalue weighted by atomic mass is 10.1. The fourth-order valence-electron chi connectivity index (χ4n) is 3.22. The molecular formula is C21H23N5O4. The van der Waals surface area contributed by atoms with Gasteiger partial charge in [0.2, 0.25) is 0 Å². The Morgan fingerprint density at radius 3 is 2.23 bits per heavy atom. The van der Waals surface area contributed by atoms with Gasteiger partial charge in [-0.15, -0.1) is 0 Å². The van der Waals surface area contributed by atoms with Crippen LogP contribution in [0.15, 0.2) is 30.3 Å². The van der Waals surface area contributed by atoms with Crippen molar-refractivity contribution in [1.29, 1.82) is 0 Å². The van der Waals surface area contributed by atoms with Crippen molar-refractivity contribution >= 4 is 23.3 Å². The van der Waals surface area contributed by atoms with E-state index in [1.54, 1.807) is 32.5 Å². The van der Waals surface area contributed by atoms with Crippen LogP contribution in [-0.2, 0) is 21.4 Å². The van der Waals surface area contributed by atoms with E-state index in [-0.39, 0.29) is 5.56 Å². The molecule has 0 unspecified atom stereocenters. The van der Waals surface area contributed by atoms with Crippen molar-refractivity contribution < 1.29 is 19.1 Å². The maximum absolute atomic E-state index is 12.4. The first-order valence-corrected chi connectivity index (χ1v) is 9.33. The van der Waals surface area contributed by atoms with Crippen LogP contribution in [0.25, 0.3) is 5.69 Å². The molecular weight excluding hydrogens is 386 g/mol. The fourth-order valence-corrected chi connectivity index (χ4v) is 3.22. The van der Waals surface area contributed by atoms with Gasteiger partial charge in [0.15, 0.2) is 6.61 Å². The molecule has 1 amide bonds. The summed E-state index contributed by atoms with van der Waals surface area (Å²) >= 11 is 0. The fraction of sp³-hybridized carbons (Fsp3) is 0.286. The van der Waals surface area contributed by atoms with E-state index in [9.17, 15) is 14.4 Å². The van der Waals surface area contributed by atoms with E-state index in [0.29, 0.717) is 22.8 Å². The molecule has 0 atom stereocenters. The molecule has 0 aliphatic rings. The van der Waals surface area contributed by atoms with Crippen molar-refractivity contribution in [2.45, 2.75) is 27.7 Å². The summed E-state index contributed by atoms with van der Waals surface area (Å²) in [4.78, 5) is 36.8. The first-order valence-electron chi connectivity index (χ1n) is 9.33. The largest absolute Gasteiger partial charge is 0.450 e. The van der Waals surface area contributed by atoms with Gasteiger partial charge in [0.25, 0.3) is 11.7 Å². The highest BCUT2D eigenvalue weighted by Gasteiger charge is 2.26. The van der Waals surface area contributed by atoms with Gasteiger partial charge in [-0.3, -0.25) is 14.3 Å². The van der Waals surface area contributed by atoms with Gasteiger partial charge in [0.05, 0.1) is 34.0 Å². The molecule has 9 nitrogen and oxygen atoms in total. The summed E-state index contributed by atoms with van der Waals surface area (Å²) in [6.07, 6.45) is 0. The number of ether oxygens (including phenoxy) is 1. The summed E-state index contributed by atoms with van der Waals surface area (Å²) in [6, 6.07) is 9.50. The number of carbonyl (C=O) groups excluding carboxylic acids is 3. The maximum atomic E-state index is 12.4. The van der Waals surface area contributed by atoms with E-state index in [1.165, 1.54) is 4.68 Å². The number of ketones is 1. The number of para-hydroxylation sites is 1. The number of rotatable bonds is 6. The van der Waals surface area contributed by atoms with Gasteiger partial charge in [-0.2, -0.15) is 10.2 Å². The van der Waals surface area contributed by atoms with Crippen LogP contribution < -0.4 is 5.32 Å². The van der Waals surface area contributed by atoms with Crippen molar-refractivity contribution in [2.24, 2.45) is 7.05 Å². The SMILES string of the molecule is Cc1nn(-c2ccccc2)c(C)c1NC(=O)COC(=O)C(=O)c1c(C)nn(C)c1C. The lowest BCUT2D eigenvalue weighted by Crippen LogP contribution is -2.26. The molecule has 1 N–H and O–H groups in total. The molecule has 0 bridgehead atoms. The number of hydrogen-bond acceptors (Lipinski definition) is 6. The minimum Gasteiger partial charge on any atom is -0.450 e. The highest BCUT2D eigenvalue weighted by atomic mass is 16.5. The van der Waals surface area contributed by atoms with Crippen LogP contribution in [-0.4, -0.2) is 43.8 Å². The van der Waals surface area contributed by atoms with Gasteiger partial charge in [-0.1, -0.05) is 18.2 Å². The Morgan fingerprint density at radius 1 is 0.967 bits per heavy atom. The number of nitrogens with one attached hydrogen (secondary N) is 1. The van der Waals surface area contributed by atoms with Crippen molar-refractivity contribution in [3.8, 4) is 5.69 Å². The summed E-state index contributed by atoms with van der Waals surface area (Å²) in [7, 11) is 1.68. The molecule has 9 heteroatoms. The lowest BCUT2D eigenvalue weighted by molar-refractivity contribution is -0.142. The Bertz CT molecular complexity index is 1130. The Hall–Kier alpha value is -3.75. The third-order valence-electron chi connectivity index (χ3n) is 4.81. The molecule has 0 spiro atoms. The number of aryl methyl sites for hydroxylation is 3. The van der Waals surface area contributed by atoms with Crippen LogP contribution >= 0.6 is 0 Å². The molecule has 0 saturated carbocycles. The molecule has 156 valence electrons. The van der Waals surface area contributed by atoms with E-state index in [4.69, 9.17) is 4.74 Å². The molecule has 2 aromatic heterocycles. The number of nitrogens with zero attached hydrogens (tertiary/aromatic N) is 4. The van der Waals surface area contributed by atoms with Crippen LogP contribution in [0.4, 0.5) is 5.69 Å². The molecule has 0 aliphatic carbocycles. The number of hydrogen-bond donors (Lipinski definition) is 1. The molecule has 0 saturated heterocycles. The summed E-state index contributed by atoms with van der Waals surface area (Å²) in [6.45, 7) is 6.33. The summed E-state index contributed by atoms with van der Waals surface area (Å²) in [5.41, 5.74) is 3.92. The molecule has 3 aromatic rings. The second-order valence-corrected chi connectivity index (χ2v) is 6.92. The standard InChI is InChI=1S/C21H23N5O4/c1-12-18(14(3)25(5)23-12)20(28)21(29)30-11-17(27)22-19-13(2)24-26(15(19)4)16-9-7-6-8-10-16/h6-10H,11H2,1-5H3,(H,22,27). The Labute approximate surface area is 173 Å². The van der Waals surface area contributed by atoms with Crippen molar-refractivity contribution in [3.05, 3.63) is 58.7 Å². The average molecular weight is 409 g/mol. The number of amides is 1. The number of benzene rings is 1. The Morgan fingerprint density at radius 2 is 1.63 bits per heavy atom. The predicted octanol–water partition coefficient (Wildman–Crippen LogP) is 2.20. The van der Waals surface area contributed by atoms with Crippen LogP contribution in [0, 0.1) is 27.7 Å². The molecule has 30 heavy (non-hydrogen) atoms. The molecule has 1 aromatic carbocycles. The zero-order chi connectivity index (χ0) is 22.0. The van der Waals surface area contributed by atoms with Crippen molar-refractivity contribution in [2.75, 3.05) is 11.9 Å². The number of carbonyl (C=O) groups is 3. The van der Waals surface area contributed by atoms with Crippen LogP contribution in [0.3, 0.4) is 0 Å². The smallest absolute Gasteiger partial charge is 0.380 e. The zero-order valence-electron chi connectivity index (χ0n) is 17.5. The summed E-state index contributed by atoms with van der Waals surface area (Å²) < 4.78 is 8.15. The molecule has 3 rings (SSSR count). The van der Waals surface area contributed by atoms with Crippen LogP contribution in [0.5, 0.6) is 0 Å². The minimum absolute atomic E-state index is 0.193. The van der Waals surface area contributed by atoms with Crippen LogP contribution in [0.1, 0.15) is 33.1 Å². The van der Waals surface area contributed by atoms with E-state index < -0.39 is 24.3 Å². The third-order valence-corrected chi connectivity index (χ3v) is 4.81. The summed E-state index contributed by atoms with van der Waals surface area (Å²) in [5, 5.41) is 11.3. The van der Waals surface area contributed by atoms with Gasteiger partial charge in [-0.05, 0) is 39.8 Å². The number of Topliss-reactive ketones (excluding diaryl/α,β-unsaturated/α-hetero) is 1. The Kier molecular flexibility index (Phi) is 5.81. The molecule has 0 fully saturated rings. The van der Waals surface area contributed by atoms with Gasteiger partial charge in [-0.25, -0.2) is 9.48 Å². The molecule has 2 heterocycles. The third kappa shape index (κ3) is 4.00. The predicted molar refractivity (Wildman–Crippen MR) is 110 cm³/mol. The summed E-state index contributed by atoms with van der Waals surface area (Å²) in [5.74, 6) is -2.48. The zero-order valence-corrected chi connectivity index (χ0v) is 17.5. The number of anilines is 1. The average Bonchev–Trinajstić information content (AvgIpc) is 3.14. The van der Waals surface area contributed by atoms with Crippen molar-refractivity contribution in [3.63, 3.8) is 0 Å². The van der Waals surface area contributed by atoms with E-state index in [0.717, 1.165) is 11.4 Å². The quantitative estimate of drug-likeness (QED) is 0.380. The highest BCUT2D eigenvalue weighted by Crippen LogP contribution is 2.22. The second kappa shape index (κ2) is 8.32. The monoisotopic (exact) mass is 409 g/mol.